The summed E-state index contributed by atoms with van der Waals surface area (Å²) in [5, 5.41) is 15.0. The molecule has 9 heteroatoms. The molecular formula is C12H14N4O4S. The third-order valence-electron chi connectivity index (χ3n) is 2.88. The Balaban J connectivity index is 2.61. The second-order valence-electron chi connectivity index (χ2n) is 4.21. The zero-order chi connectivity index (χ0) is 15.6. The summed E-state index contributed by atoms with van der Waals surface area (Å²) in [5.41, 5.74) is 0.0735. The number of rotatable bonds is 5. The number of aryl methyl sites for hydroxylation is 1. The minimum atomic E-state index is -4.04. The molecule has 0 aromatic carbocycles. The number of nitrogens with one attached hydrogen (secondary N) is 1. The van der Waals surface area contributed by atoms with Gasteiger partial charge in [0.05, 0.1) is 11.4 Å². The summed E-state index contributed by atoms with van der Waals surface area (Å²) in [6.07, 6.45) is 2.93. The maximum absolute atomic E-state index is 12.8. The fourth-order valence-corrected chi connectivity index (χ4v) is 3.76. The number of hydrogen-bond acceptors (Lipinski definition) is 5. The second-order valence-corrected chi connectivity index (χ2v) is 6.01. The molecule has 0 radical (unpaired) electrons. The Morgan fingerprint density at radius 2 is 2.00 bits per heavy atom. The van der Waals surface area contributed by atoms with Gasteiger partial charge in [-0.2, -0.15) is 5.10 Å². The van der Waals surface area contributed by atoms with Crippen molar-refractivity contribution >= 4 is 21.7 Å². The van der Waals surface area contributed by atoms with Gasteiger partial charge in [-0.05, 0) is 26.0 Å². The number of carboxylic acid groups (broad SMARTS) is 1. The van der Waals surface area contributed by atoms with E-state index >= 15 is 0 Å². The molecule has 0 fully saturated rings. The minimum absolute atomic E-state index is 0.149. The van der Waals surface area contributed by atoms with Crippen LogP contribution < -0.4 is 4.31 Å². The number of aromatic amines is 1. The molecule has 2 aromatic rings. The Morgan fingerprint density at radius 1 is 1.38 bits per heavy atom. The van der Waals surface area contributed by atoms with Gasteiger partial charge in [0.25, 0.3) is 10.0 Å². The zero-order valence-corrected chi connectivity index (χ0v) is 12.3. The van der Waals surface area contributed by atoms with E-state index in [-0.39, 0.29) is 17.1 Å². The van der Waals surface area contributed by atoms with Crippen LogP contribution in [0.1, 0.15) is 23.1 Å². The quantitative estimate of drug-likeness (QED) is 0.852. The van der Waals surface area contributed by atoms with Crippen molar-refractivity contribution in [3.8, 4) is 0 Å². The summed E-state index contributed by atoms with van der Waals surface area (Å²) in [6, 6.07) is 3.08. The van der Waals surface area contributed by atoms with Gasteiger partial charge in [-0.25, -0.2) is 13.2 Å². The van der Waals surface area contributed by atoms with E-state index in [4.69, 9.17) is 5.11 Å². The van der Waals surface area contributed by atoms with Gasteiger partial charge in [0.1, 0.15) is 4.90 Å². The highest BCUT2D eigenvalue weighted by Gasteiger charge is 2.33. The molecule has 0 atom stereocenters. The molecule has 0 aliphatic rings. The Hall–Kier alpha value is -2.42. The number of aromatic carboxylic acids is 1. The van der Waals surface area contributed by atoms with E-state index in [0.29, 0.717) is 5.69 Å². The van der Waals surface area contributed by atoms with E-state index in [9.17, 15) is 13.2 Å². The van der Waals surface area contributed by atoms with E-state index in [1.165, 1.54) is 31.5 Å². The van der Waals surface area contributed by atoms with Crippen molar-refractivity contribution in [2.45, 2.75) is 18.7 Å². The average Bonchev–Trinajstić information content (AvgIpc) is 2.83. The van der Waals surface area contributed by atoms with Crippen LogP contribution in [0.3, 0.4) is 0 Å². The lowest BCUT2D eigenvalue weighted by Gasteiger charge is -2.22. The first-order chi connectivity index (χ1) is 9.89. The van der Waals surface area contributed by atoms with Crippen molar-refractivity contribution in [3.05, 3.63) is 35.9 Å². The zero-order valence-electron chi connectivity index (χ0n) is 11.4. The van der Waals surface area contributed by atoms with E-state index in [1.54, 1.807) is 6.92 Å². The summed E-state index contributed by atoms with van der Waals surface area (Å²) in [6.45, 7) is 3.27. The SMILES string of the molecule is CCN(c1ccncc1)S(=O)(=O)c1c(C(=O)O)n[nH]c1C. The molecule has 0 saturated carbocycles. The average molecular weight is 310 g/mol. The van der Waals surface area contributed by atoms with Crippen LogP contribution in [0, 0.1) is 6.92 Å². The number of anilines is 1. The fraction of sp³-hybridized carbons (Fsp3) is 0.250. The molecule has 112 valence electrons. The van der Waals surface area contributed by atoms with Crippen LogP contribution >= 0.6 is 0 Å². The van der Waals surface area contributed by atoms with Gasteiger partial charge >= 0.3 is 5.97 Å². The highest BCUT2D eigenvalue weighted by molar-refractivity contribution is 7.93. The first kappa shape index (κ1) is 15.0. The van der Waals surface area contributed by atoms with Crippen LogP contribution in [0.2, 0.25) is 0 Å². The summed E-state index contributed by atoms with van der Waals surface area (Å²) in [5.74, 6) is -1.40. The standard InChI is InChI=1S/C12H14N4O4S/c1-3-16(9-4-6-13-7-5-9)21(19,20)11-8(2)14-15-10(11)12(17)18/h4-7H,3H2,1-2H3,(H,14,15)(H,17,18). The number of H-pyrrole nitrogens is 1. The van der Waals surface area contributed by atoms with Gasteiger partial charge in [0.2, 0.25) is 0 Å². The number of carbonyl (C=O) groups is 1. The number of pyridine rings is 1. The largest absolute Gasteiger partial charge is 0.476 e. The molecule has 21 heavy (non-hydrogen) atoms. The molecule has 0 amide bonds. The van der Waals surface area contributed by atoms with E-state index in [0.717, 1.165) is 4.31 Å². The smallest absolute Gasteiger partial charge is 0.357 e. The second kappa shape index (κ2) is 5.52. The van der Waals surface area contributed by atoms with Crippen LogP contribution in [0.5, 0.6) is 0 Å². The highest BCUT2D eigenvalue weighted by Crippen LogP contribution is 2.26. The maximum atomic E-state index is 12.8. The van der Waals surface area contributed by atoms with Crippen LogP contribution in [-0.4, -0.2) is 41.2 Å². The Morgan fingerprint density at radius 3 is 2.52 bits per heavy atom. The van der Waals surface area contributed by atoms with Gasteiger partial charge in [0.15, 0.2) is 5.69 Å². The lowest BCUT2D eigenvalue weighted by atomic mass is 10.4. The molecular weight excluding hydrogens is 296 g/mol. The first-order valence-corrected chi connectivity index (χ1v) is 7.54. The molecule has 2 N–H and O–H groups in total. The molecule has 0 spiro atoms. The maximum Gasteiger partial charge on any atom is 0.357 e. The Kier molecular flexibility index (Phi) is 3.94. The summed E-state index contributed by atoms with van der Waals surface area (Å²) in [7, 11) is -4.04. The molecule has 0 aliphatic carbocycles. The van der Waals surface area contributed by atoms with Gasteiger partial charge < -0.3 is 5.11 Å². The van der Waals surface area contributed by atoms with Crippen molar-refractivity contribution < 1.29 is 18.3 Å². The normalized spacial score (nSPS) is 11.3. The van der Waals surface area contributed by atoms with Gasteiger partial charge in [-0.3, -0.25) is 14.4 Å². The van der Waals surface area contributed by atoms with Crippen LogP contribution in [0.15, 0.2) is 29.4 Å². The predicted molar refractivity (Wildman–Crippen MR) is 74.7 cm³/mol. The summed E-state index contributed by atoms with van der Waals surface area (Å²) < 4.78 is 26.6. The summed E-state index contributed by atoms with van der Waals surface area (Å²) >= 11 is 0. The van der Waals surface area contributed by atoms with Gasteiger partial charge in [0, 0.05) is 18.9 Å². The van der Waals surface area contributed by atoms with E-state index < -0.39 is 21.7 Å². The molecule has 0 unspecified atom stereocenters. The topological polar surface area (TPSA) is 116 Å². The molecule has 2 rings (SSSR count). The number of hydrogen-bond donors (Lipinski definition) is 2. The Labute approximate surface area is 121 Å². The number of nitrogens with zero attached hydrogens (tertiary/aromatic N) is 3. The number of carboxylic acids is 1. The third kappa shape index (κ3) is 2.59. The Bertz CT molecular complexity index is 755. The number of sulfonamides is 1. The van der Waals surface area contributed by atoms with Crippen molar-refractivity contribution in [2.24, 2.45) is 0 Å². The molecule has 0 saturated heterocycles. The molecule has 0 aliphatic heterocycles. The molecule has 0 bridgehead atoms. The van der Waals surface area contributed by atoms with E-state index in [2.05, 4.69) is 15.2 Å². The number of aromatic nitrogens is 3. The van der Waals surface area contributed by atoms with Crippen LogP contribution in [0.4, 0.5) is 5.69 Å². The molecule has 8 nitrogen and oxygen atoms in total. The van der Waals surface area contributed by atoms with Crippen LogP contribution in [0.25, 0.3) is 0 Å². The van der Waals surface area contributed by atoms with Crippen molar-refractivity contribution in [3.63, 3.8) is 0 Å². The monoisotopic (exact) mass is 310 g/mol. The van der Waals surface area contributed by atoms with Crippen molar-refractivity contribution in [1.29, 1.82) is 0 Å². The molecule has 2 heterocycles. The van der Waals surface area contributed by atoms with Gasteiger partial charge in [-0.1, -0.05) is 0 Å². The lowest BCUT2D eigenvalue weighted by molar-refractivity contribution is 0.0686. The lowest BCUT2D eigenvalue weighted by Crippen LogP contribution is -2.32. The first-order valence-electron chi connectivity index (χ1n) is 6.10. The van der Waals surface area contributed by atoms with Gasteiger partial charge in [-0.15, -0.1) is 0 Å². The summed E-state index contributed by atoms with van der Waals surface area (Å²) in [4.78, 5) is 14.7. The van der Waals surface area contributed by atoms with Crippen molar-refractivity contribution in [2.75, 3.05) is 10.8 Å². The van der Waals surface area contributed by atoms with E-state index in [1.807, 2.05) is 0 Å². The predicted octanol–water partition coefficient (Wildman–Crippen LogP) is 1.03. The molecule has 2 aromatic heterocycles. The van der Waals surface area contributed by atoms with Crippen LogP contribution in [-0.2, 0) is 10.0 Å². The fourth-order valence-electron chi connectivity index (χ4n) is 1.99. The minimum Gasteiger partial charge on any atom is -0.476 e. The third-order valence-corrected chi connectivity index (χ3v) is 4.94. The van der Waals surface area contributed by atoms with Crippen molar-refractivity contribution in [1.82, 2.24) is 15.2 Å². The highest BCUT2D eigenvalue weighted by atomic mass is 32.2.